The molecule has 2 aromatic rings. The summed E-state index contributed by atoms with van der Waals surface area (Å²) in [5.74, 6) is 0.909. The molecule has 0 atom stereocenters. The van der Waals surface area contributed by atoms with Gasteiger partial charge in [-0.15, -0.1) is 0 Å². The summed E-state index contributed by atoms with van der Waals surface area (Å²) in [4.78, 5) is 4.15. The molecule has 0 saturated carbocycles. The molecule has 2 aromatic heterocycles. The van der Waals surface area contributed by atoms with Crippen molar-refractivity contribution in [3.05, 3.63) is 30.2 Å². The highest BCUT2D eigenvalue weighted by Crippen LogP contribution is 2.16. The molecule has 0 aliphatic carbocycles. The van der Waals surface area contributed by atoms with Crippen molar-refractivity contribution in [1.82, 2.24) is 4.98 Å². The first-order valence-corrected chi connectivity index (χ1v) is 3.93. The van der Waals surface area contributed by atoms with E-state index >= 15 is 0 Å². The highest BCUT2D eigenvalue weighted by Gasteiger charge is 2.01. The number of hydrogen-bond acceptors (Lipinski definition) is 3. The minimum Gasteiger partial charge on any atom is -0.459 e. The molecule has 0 bridgehead atoms. The van der Waals surface area contributed by atoms with Gasteiger partial charge in [-0.2, -0.15) is 0 Å². The number of nitrogens with zero attached hydrogens (tertiary/aromatic N) is 1. The van der Waals surface area contributed by atoms with E-state index in [0.717, 1.165) is 23.3 Å². The molecule has 0 aliphatic rings. The molecule has 62 valence electrons. The van der Waals surface area contributed by atoms with Gasteiger partial charge in [0.1, 0.15) is 11.3 Å². The van der Waals surface area contributed by atoms with Crippen LogP contribution in [0, 0.1) is 0 Å². The summed E-state index contributed by atoms with van der Waals surface area (Å²) in [6.07, 6.45) is 2.53. The van der Waals surface area contributed by atoms with Gasteiger partial charge < -0.3 is 10.2 Å². The summed E-state index contributed by atoms with van der Waals surface area (Å²) in [6.45, 7) is 0.611. The Kier molecular flexibility index (Phi) is 1.80. The van der Waals surface area contributed by atoms with Crippen LogP contribution >= 0.6 is 0 Å². The molecule has 0 spiro atoms. The number of pyridine rings is 1. The van der Waals surface area contributed by atoms with Crippen LogP contribution in [0.15, 0.2) is 28.8 Å². The van der Waals surface area contributed by atoms with Crippen molar-refractivity contribution in [2.45, 2.75) is 6.42 Å². The van der Waals surface area contributed by atoms with Gasteiger partial charge in [0.2, 0.25) is 0 Å². The van der Waals surface area contributed by atoms with Crippen LogP contribution in [0.5, 0.6) is 0 Å². The topological polar surface area (TPSA) is 52.0 Å². The first kappa shape index (κ1) is 7.31. The van der Waals surface area contributed by atoms with E-state index in [1.807, 2.05) is 18.2 Å². The van der Waals surface area contributed by atoms with Crippen LogP contribution in [0.1, 0.15) is 5.76 Å². The predicted molar refractivity (Wildman–Crippen MR) is 46.8 cm³/mol. The second kappa shape index (κ2) is 2.95. The molecule has 0 radical (unpaired) electrons. The van der Waals surface area contributed by atoms with E-state index in [2.05, 4.69) is 4.98 Å². The summed E-state index contributed by atoms with van der Waals surface area (Å²) in [7, 11) is 0. The van der Waals surface area contributed by atoms with Gasteiger partial charge in [-0.3, -0.25) is 4.98 Å². The van der Waals surface area contributed by atoms with Gasteiger partial charge in [0.15, 0.2) is 5.58 Å². The lowest BCUT2D eigenvalue weighted by Gasteiger charge is -1.87. The average Bonchev–Trinajstić information content (AvgIpc) is 2.47. The smallest absolute Gasteiger partial charge is 0.152 e. The molecule has 2 rings (SSSR count). The van der Waals surface area contributed by atoms with E-state index in [9.17, 15) is 0 Å². The van der Waals surface area contributed by atoms with E-state index in [-0.39, 0.29) is 0 Å². The summed E-state index contributed by atoms with van der Waals surface area (Å²) in [5, 5.41) is 0. The Morgan fingerprint density at radius 2 is 2.42 bits per heavy atom. The first-order valence-electron chi connectivity index (χ1n) is 3.93. The van der Waals surface area contributed by atoms with Crippen molar-refractivity contribution in [2.24, 2.45) is 5.73 Å². The Hall–Kier alpha value is -1.35. The Morgan fingerprint density at radius 3 is 3.17 bits per heavy atom. The zero-order valence-corrected chi connectivity index (χ0v) is 6.66. The quantitative estimate of drug-likeness (QED) is 0.724. The van der Waals surface area contributed by atoms with Gasteiger partial charge in [-0.25, -0.2) is 0 Å². The predicted octanol–water partition coefficient (Wildman–Crippen LogP) is 1.33. The molecule has 0 unspecified atom stereocenters. The van der Waals surface area contributed by atoms with Crippen molar-refractivity contribution in [1.29, 1.82) is 0 Å². The number of furan rings is 1. The molecule has 0 aromatic carbocycles. The average molecular weight is 162 g/mol. The molecule has 12 heavy (non-hydrogen) atoms. The number of fused-ring (bicyclic) bond motifs is 1. The monoisotopic (exact) mass is 162 g/mol. The number of rotatable bonds is 2. The lowest BCUT2D eigenvalue weighted by Crippen LogP contribution is -2.01. The van der Waals surface area contributed by atoms with Crippen molar-refractivity contribution >= 4 is 11.1 Å². The molecule has 0 aliphatic heterocycles. The van der Waals surface area contributed by atoms with Crippen LogP contribution < -0.4 is 5.73 Å². The first-order chi connectivity index (χ1) is 5.90. The lowest BCUT2D eigenvalue weighted by atomic mass is 10.3. The third-order valence-electron chi connectivity index (χ3n) is 1.73. The highest BCUT2D eigenvalue weighted by molar-refractivity contribution is 5.72. The van der Waals surface area contributed by atoms with E-state index in [4.69, 9.17) is 10.2 Å². The van der Waals surface area contributed by atoms with Crippen molar-refractivity contribution < 1.29 is 4.42 Å². The van der Waals surface area contributed by atoms with Gasteiger partial charge in [0, 0.05) is 18.7 Å². The molecule has 3 nitrogen and oxygen atoms in total. The normalized spacial score (nSPS) is 10.8. The SMILES string of the molecule is NCCc1cc2ncccc2o1. The largest absolute Gasteiger partial charge is 0.459 e. The van der Waals surface area contributed by atoms with E-state index in [0.29, 0.717) is 6.54 Å². The molecule has 0 amide bonds. The van der Waals surface area contributed by atoms with Gasteiger partial charge in [-0.05, 0) is 18.7 Å². The minimum absolute atomic E-state index is 0.611. The van der Waals surface area contributed by atoms with Crippen LogP contribution in [0.2, 0.25) is 0 Å². The van der Waals surface area contributed by atoms with Crippen LogP contribution in [0.25, 0.3) is 11.1 Å². The van der Waals surface area contributed by atoms with Crippen LogP contribution in [-0.2, 0) is 6.42 Å². The second-order valence-electron chi connectivity index (χ2n) is 2.64. The standard InChI is InChI=1S/C9H10N2O/c10-4-3-7-6-8-9(12-7)2-1-5-11-8/h1-2,5-6H,3-4,10H2. The molecule has 0 fully saturated rings. The van der Waals surface area contributed by atoms with Crippen LogP contribution in [-0.4, -0.2) is 11.5 Å². The third kappa shape index (κ3) is 1.19. The van der Waals surface area contributed by atoms with Gasteiger partial charge >= 0.3 is 0 Å². The molecule has 3 heteroatoms. The number of nitrogens with two attached hydrogens (primary N) is 1. The summed E-state index contributed by atoms with van der Waals surface area (Å²) in [5.41, 5.74) is 7.14. The Balaban J connectivity index is 2.47. The zero-order chi connectivity index (χ0) is 8.39. The highest BCUT2D eigenvalue weighted by atomic mass is 16.3. The Morgan fingerprint density at radius 1 is 1.50 bits per heavy atom. The lowest BCUT2D eigenvalue weighted by molar-refractivity contribution is 0.550. The third-order valence-corrected chi connectivity index (χ3v) is 1.73. The summed E-state index contributed by atoms with van der Waals surface area (Å²) >= 11 is 0. The number of hydrogen-bond donors (Lipinski definition) is 1. The minimum atomic E-state index is 0.611. The maximum atomic E-state index is 5.47. The van der Waals surface area contributed by atoms with Crippen molar-refractivity contribution in [3.63, 3.8) is 0 Å². The molecule has 2 heterocycles. The number of aromatic nitrogens is 1. The Bertz CT molecular complexity index is 348. The second-order valence-corrected chi connectivity index (χ2v) is 2.64. The maximum Gasteiger partial charge on any atom is 0.152 e. The van der Waals surface area contributed by atoms with Crippen molar-refractivity contribution in [3.8, 4) is 0 Å². The van der Waals surface area contributed by atoms with Crippen molar-refractivity contribution in [2.75, 3.05) is 6.54 Å². The van der Waals surface area contributed by atoms with Gasteiger partial charge in [0.05, 0.1) is 0 Å². The fourth-order valence-electron chi connectivity index (χ4n) is 1.19. The van der Waals surface area contributed by atoms with E-state index < -0.39 is 0 Å². The molecular weight excluding hydrogens is 152 g/mol. The summed E-state index contributed by atoms with van der Waals surface area (Å²) in [6, 6.07) is 5.70. The summed E-state index contributed by atoms with van der Waals surface area (Å²) < 4.78 is 5.47. The fraction of sp³-hybridized carbons (Fsp3) is 0.222. The maximum absolute atomic E-state index is 5.47. The molecular formula is C9H10N2O. The molecule has 2 N–H and O–H groups in total. The van der Waals surface area contributed by atoms with E-state index in [1.165, 1.54) is 0 Å². The van der Waals surface area contributed by atoms with Crippen LogP contribution in [0.3, 0.4) is 0 Å². The zero-order valence-electron chi connectivity index (χ0n) is 6.66. The van der Waals surface area contributed by atoms with Gasteiger partial charge in [0.25, 0.3) is 0 Å². The van der Waals surface area contributed by atoms with Gasteiger partial charge in [-0.1, -0.05) is 0 Å². The van der Waals surface area contributed by atoms with Crippen LogP contribution in [0.4, 0.5) is 0 Å². The fourth-order valence-corrected chi connectivity index (χ4v) is 1.19. The molecule has 0 saturated heterocycles. The Labute approximate surface area is 70.2 Å². The van der Waals surface area contributed by atoms with E-state index in [1.54, 1.807) is 6.20 Å².